The molecule has 0 saturated carbocycles. The molecule has 54 valence electrons. The number of nitrogens with one attached hydrogen (secondary N) is 1. The van der Waals surface area contributed by atoms with Crippen molar-refractivity contribution in [2.24, 2.45) is 10.7 Å². The van der Waals surface area contributed by atoms with Crippen molar-refractivity contribution >= 4 is 11.7 Å². The molecule has 0 aliphatic heterocycles. The van der Waals surface area contributed by atoms with Crippen LogP contribution in [-0.2, 0) is 0 Å². The molecule has 0 aliphatic rings. The second kappa shape index (κ2) is 2.34. The molecular formula is C4H8N6. The van der Waals surface area contributed by atoms with Crippen molar-refractivity contribution in [3.8, 4) is 0 Å². The van der Waals surface area contributed by atoms with Crippen LogP contribution in [0.4, 0.5) is 5.82 Å². The van der Waals surface area contributed by atoms with Gasteiger partial charge in [0, 0.05) is 7.05 Å². The van der Waals surface area contributed by atoms with Gasteiger partial charge in [0.15, 0.2) is 11.5 Å². The molecular weight excluding hydrogens is 132 g/mol. The molecule has 0 aliphatic carbocycles. The van der Waals surface area contributed by atoms with Crippen molar-refractivity contribution in [3.63, 3.8) is 0 Å². The maximum absolute atomic E-state index is 5.39. The monoisotopic (exact) mass is 140 g/mol. The Morgan fingerprint density at radius 2 is 2.30 bits per heavy atom. The number of H-pyrrole nitrogens is 1. The van der Waals surface area contributed by atoms with Gasteiger partial charge in [-0.1, -0.05) is 0 Å². The van der Waals surface area contributed by atoms with Crippen LogP contribution in [0.2, 0.25) is 0 Å². The number of aromatic amines is 1. The Bertz CT molecular complexity index is 248. The fraction of sp³-hybridized carbons (Fsp3) is 0.250. The molecule has 6 heteroatoms. The van der Waals surface area contributed by atoms with Crippen LogP contribution in [0.3, 0.4) is 0 Å². The summed E-state index contributed by atoms with van der Waals surface area (Å²) in [4.78, 5) is 3.68. The SMILES string of the molecule is CN=C(N)c1n[nH]nc1N. The van der Waals surface area contributed by atoms with Gasteiger partial charge in [-0.3, -0.25) is 4.99 Å². The second-order valence-corrected chi connectivity index (χ2v) is 1.67. The number of hydrogen-bond acceptors (Lipinski definition) is 4. The lowest BCUT2D eigenvalue weighted by molar-refractivity contribution is 0.939. The van der Waals surface area contributed by atoms with Gasteiger partial charge in [0.25, 0.3) is 0 Å². The number of nitrogen functional groups attached to an aromatic ring is 1. The Morgan fingerprint density at radius 3 is 2.70 bits per heavy atom. The fourth-order valence-electron chi connectivity index (χ4n) is 0.533. The Morgan fingerprint density at radius 1 is 1.60 bits per heavy atom. The number of anilines is 1. The first kappa shape index (κ1) is 6.53. The van der Waals surface area contributed by atoms with Gasteiger partial charge in [-0.15, -0.1) is 5.10 Å². The molecule has 5 N–H and O–H groups in total. The number of nitrogens with two attached hydrogens (primary N) is 2. The van der Waals surface area contributed by atoms with Crippen molar-refractivity contribution in [3.05, 3.63) is 5.69 Å². The quantitative estimate of drug-likeness (QED) is 0.333. The van der Waals surface area contributed by atoms with Gasteiger partial charge < -0.3 is 11.5 Å². The standard InChI is InChI=1S/C4H8N6/c1-7-3(5)2-4(6)9-10-8-2/h1H3,(H2,5,7)(H3,6,8,9,10). The molecule has 0 saturated heterocycles. The summed E-state index contributed by atoms with van der Waals surface area (Å²) in [6.07, 6.45) is 0. The first-order chi connectivity index (χ1) is 4.75. The molecule has 0 aromatic carbocycles. The molecule has 0 amide bonds. The summed E-state index contributed by atoms with van der Waals surface area (Å²) in [5.74, 6) is 0.550. The summed E-state index contributed by atoms with van der Waals surface area (Å²) in [6.45, 7) is 0. The van der Waals surface area contributed by atoms with Gasteiger partial charge >= 0.3 is 0 Å². The number of aliphatic imine (C=N–C) groups is 1. The minimum Gasteiger partial charge on any atom is -0.382 e. The van der Waals surface area contributed by atoms with Crippen LogP contribution in [0.25, 0.3) is 0 Å². The van der Waals surface area contributed by atoms with Crippen LogP contribution in [0.1, 0.15) is 5.69 Å². The van der Waals surface area contributed by atoms with Gasteiger partial charge in [-0.2, -0.15) is 10.3 Å². The van der Waals surface area contributed by atoms with Crippen LogP contribution in [0.5, 0.6) is 0 Å². The molecule has 0 fully saturated rings. The zero-order valence-corrected chi connectivity index (χ0v) is 5.50. The number of rotatable bonds is 1. The minimum atomic E-state index is 0.267. The van der Waals surface area contributed by atoms with Crippen LogP contribution in [0.15, 0.2) is 4.99 Å². The average Bonchev–Trinajstić information content (AvgIpc) is 2.34. The largest absolute Gasteiger partial charge is 0.382 e. The highest BCUT2D eigenvalue weighted by Crippen LogP contribution is 1.99. The molecule has 6 nitrogen and oxygen atoms in total. The lowest BCUT2D eigenvalue weighted by Crippen LogP contribution is -2.15. The van der Waals surface area contributed by atoms with E-state index < -0.39 is 0 Å². The predicted molar refractivity (Wildman–Crippen MR) is 37.4 cm³/mol. The topological polar surface area (TPSA) is 106 Å². The van der Waals surface area contributed by atoms with E-state index in [1.54, 1.807) is 7.05 Å². The lowest BCUT2D eigenvalue weighted by Gasteiger charge is -1.90. The molecule has 1 aromatic rings. The van der Waals surface area contributed by atoms with Crippen molar-refractivity contribution < 1.29 is 0 Å². The van der Waals surface area contributed by atoms with E-state index in [1.165, 1.54) is 0 Å². The van der Waals surface area contributed by atoms with Crippen LogP contribution < -0.4 is 11.5 Å². The van der Waals surface area contributed by atoms with Crippen molar-refractivity contribution in [2.75, 3.05) is 12.8 Å². The normalized spacial score (nSPS) is 11.9. The third kappa shape index (κ3) is 0.903. The van der Waals surface area contributed by atoms with Crippen LogP contribution in [-0.4, -0.2) is 28.3 Å². The first-order valence-corrected chi connectivity index (χ1v) is 2.64. The third-order valence-electron chi connectivity index (χ3n) is 1.06. The van der Waals surface area contributed by atoms with E-state index in [2.05, 4.69) is 20.4 Å². The zero-order valence-electron chi connectivity index (χ0n) is 5.50. The first-order valence-electron chi connectivity index (χ1n) is 2.64. The Hall–Kier alpha value is -1.59. The van der Waals surface area contributed by atoms with Gasteiger partial charge in [0.2, 0.25) is 0 Å². The molecule has 0 radical (unpaired) electrons. The van der Waals surface area contributed by atoms with Gasteiger partial charge in [-0.05, 0) is 0 Å². The highest BCUT2D eigenvalue weighted by molar-refractivity contribution is 5.99. The van der Waals surface area contributed by atoms with E-state index in [0.29, 0.717) is 5.69 Å². The average molecular weight is 140 g/mol. The van der Waals surface area contributed by atoms with E-state index in [1.807, 2.05) is 0 Å². The zero-order chi connectivity index (χ0) is 7.56. The van der Waals surface area contributed by atoms with E-state index in [0.717, 1.165) is 0 Å². The van der Waals surface area contributed by atoms with E-state index >= 15 is 0 Å². The molecule has 0 atom stereocenters. The van der Waals surface area contributed by atoms with Crippen LogP contribution >= 0.6 is 0 Å². The fourth-order valence-corrected chi connectivity index (χ4v) is 0.533. The molecule has 0 bridgehead atoms. The summed E-state index contributed by atoms with van der Waals surface area (Å²) < 4.78 is 0. The van der Waals surface area contributed by atoms with E-state index in [9.17, 15) is 0 Å². The molecule has 0 unspecified atom stereocenters. The molecule has 1 rings (SSSR count). The predicted octanol–water partition coefficient (Wildman–Crippen LogP) is -1.28. The van der Waals surface area contributed by atoms with Crippen molar-refractivity contribution in [1.29, 1.82) is 0 Å². The Kier molecular flexibility index (Phi) is 1.53. The number of amidine groups is 1. The van der Waals surface area contributed by atoms with E-state index in [4.69, 9.17) is 11.5 Å². The summed E-state index contributed by atoms with van der Waals surface area (Å²) in [7, 11) is 1.56. The summed E-state index contributed by atoms with van der Waals surface area (Å²) >= 11 is 0. The number of hydrogen-bond donors (Lipinski definition) is 3. The van der Waals surface area contributed by atoms with Gasteiger partial charge in [0.05, 0.1) is 0 Å². The van der Waals surface area contributed by atoms with Gasteiger partial charge in [-0.25, -0.2) is 0 Å². The second-order valence-electron chi connectivity index (χ2n) is 1.67. The number of aromatic nitrogens is 3. The van der Waals surface area contributed by atoms with Gasteiger partial charge in [0.1, 0.15) is 5.84 Å². The third-order valence-corrected chi connectivity index (χ3v) is 1.06. The summed E-state index contributed by atoms with van der Waals surface area (Å²) in [5.41, 5.74) is 11.1. The molecule has 1 aromatic heterocycles. The summed E-state index contributed by atoms with van der Waals surface area (Å²) in [5, 5.41) is 9.56. The maximum atomic E-state index is 5.39. The molecule has 1 heterocycles. The lowest BCUT2D eigenvalue weighted by atomic mass is 10.4. The smallest absolute Gasteiger partial charge is 0.177 e. The minimum absolute atomic E-state index is 0.267. The summed E-state index contributed by atoms with van der Waals surface area (Å²) in [6, 6.07) is 0. The highest BCUT2D eigenvalue weighted by Gasteiger charge is 2.05. The Labute approximate surface area is 57.3 Å². The highest BCUT2D eigenvalue weighted by atomic mass is 15.4. The molecule has 0 spiro atoms. The van der Waals surface area contributed by atoms with Crippen LogP contribution in [0, 0.1) is 0 Å². The van der Waals surface area contributed by atoms with Crippen molar-refractivity contribution in [1.82, 2.24) is 15.4 Å². The maximum Gasteiger partial charge on any atom is 0.177 e. The van der Waals surface area contributed by atoms with E-state index in [-0.39, 0.29) is 11.7 Å². The molecule has 10 heavy (non-hydrogen) atoms. The number of nitrogens with zero attached hydrogens (tertiary/aromatic N) is 3. The van der Waals surface area contributed by atoms with Crippen molar-refractivity contribution in [2.45, 2.75) is 0 Å². The Balaban J connectivity index is 3.05.